The van der Waals surface area contributed by atoms with E-state index in [2.05, 4.69) is 0 Å². The zero-order valence-corrected chi connectivity index (χ0v) is 13.1. The first-order chi connectivity index (χ1) is 11.0. The zero-order valence-electron chi connectivity index (χ0n) is 13.1. The summed E-state index contributed by atoms with van der Waals surface area (Å²) in [7, 11) is 1.60. The Bertz CT molecular complexity index is 538. The lowest BCUT2D eigenvalue weighted by Crippen LogP contribution is -2.49. The Morgan fingerprint density at radius 3 is 2.43 bits per heavy atom. The van der Waals surface area contributed by atoms with Gasteiger partial charge in [-0.2, -0.15) is 0 Å². The number of piperidine rings is 1. The highest BCUT2D eigenvalue weighted by molar-refractivity contribution is 5.82. The highest BCUT2D eigenvalue weighted by atomic mass is 16.7. The lowest BCUT2D eigenvalue weighted by molar-refractivity contribution is -0.134. The first kappa shape index (κ1) is 17.1. The molecular formula is C16H22N2O5. The molecule has 0 aliphatic carbocycles. The van der Waals surface area contributed by atoms with Crippen LogP contribution < -0.4 is 10.5 Å². The van der Waals surface area contributed by atoms with Crippen molar-refractivity contribution in [3.8, 4) is 5.75 Å². The number of carboxylic acid groups (broad SMARTS) is 1. The van der Waals surface area contributed by atoms with Gasteiger partial charge in [0.05, 0.1) is 13.2 Å². The van der Waals surface area contributed by atoms with Gasteiger partial charge in [0.25, 0.3) is 0 Å². The summed E-state index contributed by atoms with van der Waals surface area (Å²) in [5.41, 5.74) is 6.99. The summed E-state index contributed by atoms with van der Waals surface area (Å²) in [6.45, 7) is 0.931. The van der Waals surface area contributed by atoms with Crippen LogP contribution in [0.2, 0.25) is 0 Å². The smallest absolute Gasteiger partial charge is 0.497 e. The van der Waals surface area contributed by atoms with Gasteiger partial charge in [-0.25, -0.2) is 4.79 Å². The molecule has 1 fully saturated rings. The zero-order chi connectivity index (χ0) is 16.8. The van der Waals surface area contributed by atoms with Crippen LogP contribution in [0.3, 0.4) is 0 Å². The summed E-state index contributed by atoms with van der Waals surface area (Å²) in [4.78, 5) is 24.6. The second-order valence-electron chi connectivity index (χ2n) is 5.57. The molecule has 7 nitrogen and oxygen atoms in total. The Labute approximate surface area is 135 Å². The third-order valence-electron chi connectivity index (χ3n) is 3.95. The largest absolute Gasteiger partial charge is 0.506 e. The monoisotopic (exact) mass is 322 g/mol. The van der Waals surface area contributed by atoms with E-state index in [0.29, 0.717) is 32.4 Å². The number of ether oxygens (including phenoxy) is 2. The molecule has 7 heteroatoms. The van der Waals surface area contributed by atoms with Gasteiger partial charge < -0.3 is 25.2 Å². The van der Waals surface area contributed by atoms with Crippen molar-refractivity contribution >= 4 is 12.1 Å². The molecule has 0 unspecified atom stereocenters. The number of amides is 1. The number of likely N-dealkylation sites (tertiary alicyclic amines) is 1. The fourth-order valence-electron chi connectivity index (χ4n) is 2.67. The van der Waals surface area contributed by atoms with Gasteiger partial charge in [-0.3, -0.25) is 4.79 Å². The van der Waals surface area contributed by atoms with Gasteiger partial charge in [-0.15, -0.1) is 0 Å². The van der Waals surface area contributed by atoms with Crippen LogP contribution in [-0.4, -0.2) is 54.4 Å². The fourth-order valence-corrected chi connectivity index (χ4v) is 2.67. The number of carbonyl (C=O) groups excluding carboxylic acids is 1. The summed E-state index contributed by atoms with van der Waals surface area (Å²) in [5.74, 6) is 0.642. The lowest BCUT2D eigenvalue weighted by atomic mass is 10.0. The molecule has 0 saturated carbocycles. The number of rotatable bonds is 5. The molecule has 0 radical (unpaired) electrons. The molecule has 0 aromatic heterocycles. The molecule has 3 N–H and O–H groups in total. The molecule has 1 aromatic carbocycles. The standard InChI is InChI=1S/C16H22N2O5/c1-22-12-4-2-11(3-5-12)10-14(17)15(19)18-8-6-13(7-9-18)23-16(20)21/h2-5,13-14H,6-10,17H2,1H3,(H,20,21)/t14-/m0/s1. The summed E-state index contributed by atoms with van der Waals surface area (Å²) in [6, 6.07) is 6.83. The van der Waals surface area contributed by atoms with Crippen molar-refractivity contribution in [1.82, 2.24) is 4.90 Å². The van der Waals surface area contributed by atoms with Crippen LogP contribution in [0.1, 0.15) is 18.4 Å². The molecule has 1 saturated heterocycles. The van der Waals surface area contributed by atoms with Crippen LogP contribution in [0.25, 0.3) is 0 Å². The number of nitrogens with zero attached hydrogens (tertiary/aromatic N) is 1. The maximum atomic E-state index is 12.4. The van der Waals surface area contributed by atoms with Crippen molar-refractivity contribution < 1.29 is 24.2 Å². The minimum atomic E-state index is -1.27. The lowest BCUT2D eigenvalue weighted by Gasteiger charge is -2.32. The van der Waals surface area contributed by atoms with Crippen LogP contribution in [0.15, 0.2) is 24.3 Å². The van der Waals surface area contributed by atoms with Gasteiger partial charge in [0.1, 0.15) is 11.9 Å². The van der Waals surface area contributed by atoms with Crippen molar-refractivity contribution in [3.63, 3.8) is 0 Å². The van der Waals surface area contributed by atoms with Gasteiger partial charge in [-0.05, 0) is 24.1 Å². The Kier molecular flexibility index (Phi) is 5.81. The van der Waals surface area contributed by atoms with Crippen LogP contribution in [0, 0.1) is 0 Å². The maximum Gasteiger partial charge on any atom is 0.506 e. The summed E-state index contributed by atoms with van der Waals surface area (Å²) in [5, 5.41) is 8.60. The molecule has 0 spiro atoms. The molecule has 126 valence electrons. The number of methoxy groups -OCH3 is 1. The first-order valence-corrected chi connectivity index (χ1v) is 7.56. The number of benzene rings is 1. The normalized spacial score (nSPS) is 16.7. The SMILES string of the molecule is COc1ccc(C[C@H](N)C(=O)N2CCC(OC(=O)O)CC2)cc1. The predicted molar refractivity (Wildman–Crippen MR) is 83.4 cm³/mol. The third kappa shape index (κ3) is 4.85. The summed E-state index contributed by atoms with van der Waals surface area (Å²) >= 11 is 0. The van der Waals surface area contributed by atoms with Crippen molar-refractivity contribution in [2.75, 3.05) is 20.2 Å². The molecule has 2 rings (SSSR count). The van der Waals surface area contributed by atoms with Gasteiger partial charge in [0, 0.05) is 25.9 Å². The van der Waals surface area contributed by atoms with Crippen molar-refractivity contribution in [1.29, 1.82) is 0 Å². The number of nitrogens with two attached hydrogens (primary N) is 1. The summed E-state index contributed by atoms with van der Waals surface area (Å²) < 4.78 is 9.83. The quantitative estimate of drug-likeness (QED) is 0.791. The summed E-state index contributed by atoms with van der Waals surface area (Å²) in [6.07, 6.45) is -0.144. The van der Waals surface area contributed by atoms with E-state index >= 15 is 0 Å². The second kappa shape index (κ2) is 7.82. The number of carbonyl (C=O) groups is 2. The number of hydrogen-bond donors (Lipinski definition) is 2. The fraction of sp³-hybridized carbons (Fsp3) is 0.500. The van der Waals surface area contributed by atoms with E-state index in [4.69, 9.17) is 20.3 Å². The Morgan fingerprint density at radius 1 is 1.30 bits per heavy atom. The maximum absolute atomic E-state index is 12.4. The van der Waals surface area contributed by atoms with E-state index in [9.17, 15) is 9.59 Å². The molecule has 1 atom stereocenters. The van der Waals surface area contributed by atoms with Crippen LogP contribution in [0.5, 0.6) is 5.75 Å². The highest BCUT2D eigenvalue weighted by Crippen LogP contribution is 2.16. The van der Waals surface area contributed by atoms with E-state index in [-0.39, 0.29) is 12.0 Å². The van der Waals surface area contributed by atoms with E-state index in [1.807, 2.05) is 24.3 Å². The van der Waals surface area contributed by atoms with Crippen molar-refractivity contribution in [2.45, 2.75) is 31.4 Å². The highest BCUT2D eigenvalue weighted by Gasteiger charge is 2.28. The third-order valence-corrected chi connectivity index (χ3v) is 3.95. The first-order valence-electron chi connectivity index (χ1n) is 7.56. The van der Waals surface area contributed by atoms with Gasteiger partial charge in [-0.1, -0.05) is 12.1 Å². The molecular weight excluding hydrogens is 300 g/mol. The molecule has 0 bridgehead atoms. The Morgan fingerprint density at radius 2 is 1.91 bits per heavy atom. The molecule has 1 aliphatic heterocycles. The van der Waals surface area contributed by atoms with Crippen LogP contribution >= 0.6 is 0 Å². The van der Waals surface area contributed by atoms with Crippen molar-refractivity contribution in [3.05, 3.63) is 29.8 Å². The van der Waals surface area contributed by atoms with Crippen molar-refractivity contribution in [2.24, 2.45) is 5.73 Å². The minimum Gasteiger partial charge on any atom is -0.497 e. The molecule has 23 heavy (non-hydrogen) atoms. The molecule has 1 amide bonds. The van der Waals surface area contributed by atoms with Gasteiger partial charge >= 0.3 is 6.16 Å². The van der Waals surface area contributed by atoms with Crippen LogP contribution in [0.4, 0.5) is 4.79 Å². The predicted octanol–water partition coefficient (Wildman–Crippen LogP) is 1.25. The topological polar surface area (TPSA) is 102 Å². The van der Waals surface area contributed by atoms with Gasteiger partial charge in [0.15, 0.2) is 0 Å². The Balaban J connectivity index is 1.84. The Hall–Kier alpha value is -2.28. The van der Waals surface area contributed by atoms with E-state index < -0.39 is 12.2 Å². The minimum absolute atomic E-state index is 0.116. The average Bonchev–Trinajstić information content (AvgIpc) is 2.55. The number of hydrogen-bond acceptors (Lipinski definition) is 5. The molecule has 1 aliphatic rings. The van der Waals surface area contributed by atoms with Gasteiger partial charge in [0.2, 0.25) is 5.91 Å². The second-order valence-corrected chi connectivity index (χ2v) is 5.57. The average molecular weight is 322 g/mol. The van der Waals surface area contributed by atoms with E-state index in [1.54, 1.807) is 12.0 Å². The van der Waals surface area contributed by atoms with Crippen LogP contribution in [-0.2, 0) is 16.0 Å². The molecule has 1 aromatic rings. The molecule has 1 heterocycles. The van der Waals surface area contributed by atoms with E-state index in [1.165, 1.54) is 0 Å². The van der Waals surface area contributed by atoms with E-state index in [0.717, 1.165) is 11.3 Å².